The van der Waals surface area contributed by atoms with Crippen LogP contribution >= 0.6 is 11.6 Å². The molecule has 0 unspecified atom stereocenters. The van der Waals surface area contributed by atoms with Crippen LogP contribution in [0.1, 0.15) is 12.3 Å². The van der Waals surface area contributed by atoms with E-state index >= 15 is 0 Å². The van der Waals surface area contributed by atoms with Crippen LogP contribution in [0.25, 0.3) is 22.4 Å². The zero-order valence-electron chi connectivity index (χ0n) is 17.6. The largest absolute Gasteiger partial charge is 0.441 e. The molecule has 0 radical (unpaired) electrons. The highest BCUT2D eigenvalue weighted by Crippen LogP contribution is 2.28. The average Bonchev–Trinajstić information content (AvgIpc) is 3.45. The van der Waals surface area contributed by atoms with Gasteiger partial charge in [-0.05, 0) is 12.1 Å². The first-order valence-electron chi connectivity index (χ1n) is 10.4. The molecule has 0 saturated carbocycles. The van der Waals surface area contributed by atoms with Gasteiger partial charge < -0.3 is 14.2 Å². The second-order valence-electron chi connectivity index (χ2n) is 7.67. The van der Waals surface area contributed by atoms with Crippen molar-refractivity contribution >= 4 is 34.4 Å². The third-order valence-corrected chi connectivity index (χ3v) is 6.02. The van der Waals surface area contributed by atoms with E-state index in [2.05, 4.69) is 25.0 Å². The molecule has 0 N–H and O–H groups in total. The maximum atomic E-state index is 12.7. The molecule has 1 fully saturated rings. The van der Waals surface area contributed by atoms with Gasteiger partial charge in [-0.15, -0.1) is 0 Å². The number of amides is 1. The summed E-state index contributed by atoms with van der Waals surface area (Å²) in [6, 6.07) is 7.45. The van der Waals surface area contributed by atoms with Crippen molar-refractivity contribution in [3.63, 3.8) is 0 Å². The minimum Gasteiger partial charge on any atom is -0.441 e. The summed E-state index contributed by atoms with van der Waals surface area (Å²) < 4.78 is 7.55. The second kappa shape index (κ2) is 8.58. The number of hydrogen-bond acceptors (Lipinski definition) is 7. The normalized spacial score (nSPS) is 14.3. The van der Waals surface area contributed by atoms with E-state index in [1.165, 1.54) is 0 Å². The molecule has 0 aliphatic carbocycles. The van der Waals surface area contributed by atoms with Crippen LogP contribution in [0.3, 0.4) is 0 Å². The highest BCUT2D eigenvalue weighted by molar-refractivity contribution is 6.33. The minimum absolute atomic E-state index is 0.0938. The molecule has 1 saturated heterocycles. The van der Waals surface area contributed by atoms with E-state index < -0.39 is 0 Å². The Kier molecular flexibility index (Phi) is 5.48. The first kappa shape index (κ1) is 20.4. The zero-order chi connectivity index (χ0) is 22.1. The number of oxazole rings is 1. The lowest BCUT2D eigenvalue weighted by molar-refractivity contribution is -0.131. The van der Waals surface area contributed by atoms with Gasteiger partial charge in [0.2, 0.25) is 5.91 Å². The monoisotopic (exact) mass is 451 g/mol. The summed E-state index contributed by atoms with van der Waals surface area (Å²) in [6.07, 6.45) is 5.80. The first-order chi connectivity index (χ1) is 15.6. The van der Waals surface area contributed by atoms with Crippen molar-refractivity contribution in [2.24, 2.45) is 7.05 Å². The number of piperazine rings is 1. The number of fused-ring (bicyclic) bond motifs is 1. The molecule has 10 heteroatoms. The summed E-state index contributed by atoms with van der Waals surface area (Å²) >= 11 is 6.22. The Bertz CT molecular complexity index is 1260. The Morgan fingerprint density at radius 1 is 1.09 bits per heavy atom. The summed E-state index contributed by atoms with van der Waals surface area (Å²) in [7, 11) is 1.86. The van der Waals surface area contributed by atoms with Crippen LogP contribution in [0.5, 0.6) is 0 Å². The quantitative estimate of drug-likeness (QED) is 0.460. The molecule has 0 atom stereocenters. The molecule has 164 valence electrons. The standard InChI is InChI=1S/C22H22ClN7O2/c1-28-21-16(12-27-28)22(26-14-25-21)30-10-8-29(9-11-30)20(31)7-6-19-24-13-18(32-19)15-4-2-3-5-17(15)23/h2-5,12-14H,6-11H2,1H3. The molecule has 3 aromatic heterocycles. The second-order valence-corrected chi connectivity index (χ2v) is 8.08. The maximum Gasteiger partial charge on any atom is 0.223 e. The number of nitrogens with zero attached hydrogens (tertiary/aromatic N) is 7. The van der Waals surface area contributed by atoms with Crippen LogP contribution in [-0.2, 0) is 18.3 Å². The van der Waals surface area contributed by atoms with Gasteiger partial charge in [-0.3, -0.25) is 9.48 Å². The topological polar surface area (TPSA) is 93.2 Å². The molecule has 5 rings (SSSR count). The van der Waals surface area contributed by atoms with Crippen LogP contribution in [-0.4, -0.2) is 61.7 Å². The highest BCUT2D eigenvalue weighted by Gasteiger charge is 2.24. The Balaban J connectivity index is 1.17. The van der Waals surface area contributed by atoms with Crippen LogP contribution in [0.2, 0.25) is 5.02 Å². The molecule has 1 aromatic carbocycles. The van der Waals surface area contributed by atoms with Gasteiger partial charge in [0.15, 0.2) is 17.3 Å². The molecular weight excluding hydrogens is 430 g/mol. The van der Waals surface area contributed by atoms with E-state index in [1.807, 2.05) is 36.2 Å². The molecular formula is C22H22ClN7O2. The van der Waals surface area contributed by atoms with E-state index in [0.29, 0.717) is 55.7 Å². The lowest BCUT2D eigenvalue weighted by atomic mass is 10.2. The van der Waals surface area contributed by atoms with Crippen LogP contribution < -0.4 is 4.90 Å². The first-order valence-corrected chi connectivity index (χ1v) is 10.8. The van der Waals surface area contributed by atoms with Gasteiger partial charge in [-0.25, -0.2) is 15.0 Å². The summed E-state index contributed by atoms with van der Waals surface area (Å²) in [5.41, 5.74) is 1.60. The van der Waals surface area contributed by atoms with E-state index in [-0.39, 0.29) is 5.91 Å². The van der Waals surface area contributed by atoms with E-state index in [1.54, 1.807) is 23.4 Å². The molecule has 1 aliphatic rings. The van der Waals surface area contributed by atoms with Crippen LogP contribution in [0.15, 0.2) is 47.4 Å². The average molecular weight is 452 g/mol. The van der Waals surface area contributed by atoms with Crippen molar-refractivity contribution in [1.82, 2.24) is 29.6 Å². The van der Waals surface area contributed by atoms with E-state index in [4.69, 9.17) is 16.0 Å². The van der Waals surface area contributed by atoms with Gasteiger partial charge in [-0.1, -0.05) is 23.7 Å². The van der Waals surface area contributed by atoms with Crippen molar-refractivity contribution in [3.8, 4) is 11.3 Å². The number of halogens is 1. The molecule has 4 aromatic rings. The summed E-state index contributed by atoms with van der Waals surface area (Å²) in [5.74, 6) is 2.10. The van der Waals surface area contributed by atoms with Gasteiger partial charge in [0.05, 0.1) is 22.8 Å². The Morgan fingerprint density at radius 2 is 1.91 bits per heavy atom. The third-order valence-electron chi connectivity index (χ3n) is 5.69. The molecule has 4 heterocycles. The van der Waals surface area contributed by atoms with Gasteiger partial charge >= 0.3 is 0 Å². The molecule has 0 bridgehead atoms. The van der Waals surface area contributed by atoms with Gasteiger partial charge in [0.25, 0.3) is 0 Å². The lowest BCUT2D eigenvalue weighted by Crippen LogP contribution is -2.49. The number of benzene rings is 1. The number of rotatable bonds is 5. The summed E-state index contributed by atoms with van der Waals surface area (Å²) in [6.45, 7) is 2.70. The fourth-order valence-corrected chi connectivity index (χ4v) is 4.18. The number of carbonyl (C=O) groups excluding carboxylic acids is 1. The molecule has 1 amide bonds. The van der Waals surface area contributed by atoms with Crippen LogP contribution in [0.4, 0.5) is 5.82 Å². The highest BCUT2D eigenvalue weighted by atomic mass is 35.5. The van der Waals surface area contributed by atoms with Gasteiger partial charge in [0, 0.05) is 51.6 Å². The molecule has 9 nitrogen and oxygen atoms in total. The Hall–Kier alpha value is -3.46. The predicted molar refractivity (Wildman–Crippen MR) is 120 cm³/mol. The number of carbonyl (C=O) groups is 1. The van der Waals surface area contributed by atoms with E-state index in [9.17, 15) is 4.79 Å². The minimum atomic E-state index is 0.0938. The predicted octanol–water partition coefficient (Wildman–Crippen LogP) is 2.95. The smallest absolute Gasteiger partial charge is 0.223 e. The Morgan fingerprint density at radius 3 is 2.72 bits per heavy atom. The van der Waals surface area contributed by atoms with Crippen molar-refractivity contribution in [3.05, 3.63) is 53.9 Å². The molecule has 1 aliphatic heterocycles. The number of aryl methyl sites for hydroxylation is 2. The van der Waals surface area contributed by atoms with Crippen LogP contribution in [0, 0.1) is 0 Å². The molecule has 32 heavy (non-hydrogen) atoms. The summed E-state index contributed by atoms with van der Waals surface area (Å²) in [5, 5.41) is 5.81. The zero-order valence-corrected chi connectivity index (χ0v) is 18.4. The molecule has 0 spiro atoms. The van der Waals surface area contributed by atoms with Crippen molar-refractivity contribution in [2.45, 2.75) is 12.8 Å². The Labute approximate surface area is 189 Å². The SMILES string of the molecule is Cn1ncc2c(N3CCN(C(=O)CCc4ncc(-c5ccccc5Cl)o4)CC3)ncnc21. The third kappa shape index (κ3) is 3.91. The van der Waals surface area contributed by atoms with E-state index in [0.717, 1.165) is 22.4 Å². The fraction of sp³-hybridized carbons (Fsp3) is 0.318. The fourth-order valence-electron chi connectivity index (χ4n) is 3.95. The maximum absolute atomic E-state index is 12.7. The number of hydrogen-bond donors (Lipinski definition) is 0. The van der Waals surface area contributed by atoms with Crippen molar-refractivity contribution in [1.29, 1.82) is 0 Å². The number of anilines is 1. The lowest BCUT2D eigenvalue weighted by Gasteiger charge is -2.35. The van der Waals surface area contributed by atoms with Gasteiger partial charge in [-0.2, -0.15) is 5.10 Å². The van der Waals surface area contributed by atoms with Crippen molar-refractivity contribution < 1.29 is 9.21 Å². The van der Waals surface area contributed by atoms with Crippen molar-refractivity contribution in [2.75, 3.05) is 31.1 Å². The van der Waals surface area contributed by atoms with Gasteiger partial charge in [0.1, 0.15) is 12.1 Å². The summed E-state index contributed by atoms with van der Waals surface area (Å²) in [4.78, 5) is 29.9. The number of aromatic nitrogens is 5.